The fourth-order valence-electron chi connectivity index (χ4n) is 2.88. The summed E-state index contributed by atoms with van der Waals surface area (Å²) in [6.45, 7) is 8.72. The number of anilines is 1. The highest BCUT2D eigenvalue weighted by Gasteiger charge is 2.30. The Labute approximate surface area is 122 Å². The summed E-state index contributed by atoms with van der Waals surface area (Å²) in [5, 5.41) is 0. The van der Waals surface area contributed by atoms with Crippen LogP contribution in [0.3, 0.4) is 0 Å². The quantitative estimate of drug-likeness (QED) is 0.818. The molecule has 108 valence electrons. The molecule has 1 atom stereocenters. The van der Waals surface area contributed by atoms with Gasteiger partial charge in [0.1, 0.15) is 0 Å². The van der Waals surface area contributed by atoms with Gasteiger partial charge in [-0.3, -0.25) is 0 Å². The molecule has 0 radical (unpaired) electrons. The zero-order chi connectivity index (χ0) is 14.9. The maximum Gasteiger partial charge on any atom is 0.0346 e. The first-order valence-corrected chi connectivity index (χ1v) is 7.46. The van der Waals surface area contributed by atoms with Crippen molar-refractivity contribution in [3.63, 3.8) is 0 Å². The fourth-order valence-corrected chi connectivity index (χ4v) is 2.88. The van der Waals surface area contributed by atoms with Crippen LogP contribution in [0.25, 0.3) is 5.57 Å². The topological polar surface area (TPSA) is 52.0 Å². The van der Waals surface area contributed by atoms with Crippen LogP contribution in [0.15, 0.2) is 35.9 Å². The molecule has 2 heteroatoms. The van der Waals surface area contributed by atoms with Crippen LogP contribution in [-0.2, 0) is 6.42 Å². The number of allylic oxidation sites excluding steroid dienone is 2. The average Bonchev–Trinajstić information content (AvgIpc) is 2.42. The van der Waals surface area contributed by atoms with Crippen molar-refractivity contribution in [2.45, 2.75) is 46.6 Å². The Hall–Kier alpha value is -1.54. The normalized spacial score (nSPS) is 21.4. The summed E-state index contributed by atoms with van der Waals surface area (Å²) < 4.78 is 0. The van der Waals surface area contributed by atoms with Crippen molar-refractivity contribution in [2.75, 3.05) is 5.73 Å². The zero-order valence-corrected chi connectivity index (χ0v) is 13.0. The van der Waals surface area contributed by atoms with Crippen LogP contribution in [0.4, 0.5) is 5.69 Å². The van der Waals surface area contributed by atoms with Crippen LogP contribution in [0, 0.1) is 5.41 Å². The predicted octanol–water partition coefficient (Wildman–Crippen LogP) is 3.92. The highest BCUT2D eigenvalue weighted by molar-refractivity contribution is 5.78. The van der Waals surface area contributed by atoms with Gasteiger partial charge in [-0.05, 0) is 41.7 Å². The molecule has 4 N–H and O–H groups in total. The van der Waals surface area contributed by atoms with Gasteiger partial charge in [-0.15, -0.1) is 0 Å². The van der Waals surface area contributed by atoms with E-state index in [-0.39, 0.29) is 11.5 Å². The number of hydrogen-bond donors (Lipinski definition) is 2. The summed E-state index contributed by atoms with van der Waals surface area (Å²) in [5.41, 5.74) is 18.3. The minimum Gasteiger partial charge on any atom is -0.399 e. The van der Waals surface area contributed by atoms with Crippen LogP contribution in [0.1, 0.15) is 45.2 Å². The SMILES string of the molecule is CCC1=CC(c2ccc(N)c(CC)c2)=CC(C)(C)C1N. The Morgan fingerprint density at radius 1 is 1.15 bits per heavy atom. The molecule has 20 heavy (non-hydrogen) atoms. The first-order chi connectivity index (χ1) is 9.39. The van der Waals surface area contributed by atoms with Gasteiger partial charge in [-0.25, -0.2) is 0 Å². The fraction of sp³-hybridized carbons (Fsp3) is 0.444. The van der Waals surface area contributed by atoms with Crippen molar-refractivity contribution in [3.8, 4) is 0 Å². The van der Waals surface area contributed by atoms with Gasteiger partial charge >= 0.3 is 0 Å². The van der Waals surface area contributed by atoms with E-state index in [1.54, 1.807) is 0 Å². The Balaban J connectivity index is 2.49. The van der Waals surface area contributed by atoms with Crippen molar-refractivity contribution >= 4 is 11.3 Å². The Kier molecular flexibility index (Phi) is 4.05. The highest BCUT2D eigenvalue weighted by Crippen LogP contribution is 2.37. The van der Waals surface area contributed by atoms with E-state index in [1.165, 1.54) is 22.3 Å². The largest absolute Gasteiger partial charge is 0.399 e. The molecular weight excluding hydrogens is 244 g/mol. The van der Waals surface area contributed by atoms with Gasteiger partial charge in [0, 0.05) is 17.1 Å². The van der Waals surface area contributed by atoms with Gasteiger partial charge in [0.2, 0.25) is 0 Å². The number of nitrogens with two attached hydrogens (primary N) is 2. The minimum absolute atomic E-state index is 0.0107. The number of benzene rings is 1. The van der Waals surface area contributed by atoms with Gasteiger partial charge in [0.05, 0.1) is 0 Å². The predicted molar refractivity (Wildman–Crippen MR) is 88.3 cm³/mol. The third kappa shape index (κ3) is 2.66. The van der Waals surface area contributed by atoms with Crippen molar-refractivity contribution < 1.29 is 0 Å². The molecule has 0 heterocycles. The van der Waals surface area contributed by atoms with E-state index in [4.69, 9.17) is 11.5 Å². The van der Waals surface area contributed by atoms with Gasteiger partial charge in [-0.1, -0.05) is 51.5 Å². The standard InChI is InChI=1S/C18H26N2/c1-5-12-9-14(7-8-16(12)19)15-10-13(6-2)17(20)18(3,4)11-15/h7-11,17H,5-6,19-20H2,1-4H3. The molecule has 0 saturated carbocycles. The molecule has 0 amide bonds. The van der Waals surface area contributed by atoms with Crippen molar-refractivity contribution in [1.29, 1.82) is 0 Å². The lowest BCUT2D eigenvalue weighted by molar-refractivity contribution is 0.401. The molecule has 2 nitrogen and oxygen atoms in total. The second-order valence-corrected chi connectivity index (χ2v) is 6.24. The molecule has 1 unspecified atom stereocenters. The summed E-state index contributed by atoms with van der Waals surface area (Å²) in [6, 6.07) is 6.43. The number of rotatable bonds is 3. The van der Waals surface area contributed by atoms with Crippen LogP contribution < -0.4 is 11.5 Å². The molecule has 0 aliphatic heterocycles. The summed E-state index contributed by atoms with van der Waals surface area (Å²) in [5.74, 6) is 0. The number of aryl methyl sites for hydroxylation is 1. The monoisotopic (exact) mass is 270 g/mol. The minimum atomic E-state index is -0.0107. The van der Waals surface area contributed by atoms with Crippen LogP contribution in [0.2, 0.25) is 0 Å². The van der Waals surface area contributed by atoms with Crippen LogP contribution in [-0.4, -0.2) is 6.04 Å². The lowest BCUT2D eigenvalue weighted by Crippen LogP contribution is -2.39. The summed E-state index contributed by atoms with van der Waals surface area (Å²) >= 11 is 0. The Morgan fingerprint density at radius 3 is 2.45 bits per heavy atom. The maximum atomic E-state index is 6.35. The third-order valence-electron chi connectivity index (χ3n) is 4.33. The molecule has 1 aliphatic rings. The molecule has 1 aromatic rings. The molecule has 0 fully saturated rings. The van der Waals surface area contributed by atoms with E-state index in [2.05, 4.69) is 52.0 Å². The van der Waals surface area contributed by atoms with Gasteiger partial charge in [0.15, 0.2) is 0 Å². The number of hydrogen-bond acceptors (Lipinski definition) is 2. The molecule has 1 aromatic carbocycles. The first kappa shape index (κ1) is 14.9. The van der Waals surface area contributed by atoms with Gasteiger partial charge in [-0.2, -0.15) is 0 Å². The van der Waals surface area contributed by atoms with E-state index >= 15 is 0 Å². The van der Waals surface area contributed by atoms with Crippen LogP contribution in [0.5, 0.6) is 0 Å². The van der Waals surface area contributed by atoms with Gasteiger partial charge < -0.3 is 11.5 Å². The highest BCUT2D eigenvalue weighted by atomic mass is 14.7. The molecule has 2 rings (SSSR count). The van der Waals surface area contributed by atoms with E-state index in [0.29, 0.717) is 0 Å². The Bertz CT molecular complexity index is 565. The smallest absolute Gasteiger partial charge is 0.0346 e. The van der Waals surface area contributed by atoms with Crippen molar-refractivity contribution in [1.82, 2.24) is 0 Å². The lowest BCUT2D eigenvalue weighted by atomic mass is 9.73. The van der Waals surface area contributed by atoms with E-state index in [1.807, 2.05) is 6.07 Å². The van der Waals surface area contributed by atoms with Gasteiger partial charge in [0.25, 0.3) is 0 Å². The van der Waals surface area contributed by atoms with Crippen LogP contribution >= 0.6 is 0 Å². The van der Waals surface area contributed by atoms with E-state index in [0.717, 1.165) is 18.5 Å². The first-order valence-electron chi connectivity index (χ1n) is 7.46. The Morgan fingerprint density at radius 2 is 1.85 bits per heavy atom. The third-order valence-corrected chi connectivity index (χ3v) is 4.33. The van der Waals surface area contributed by atoms with Crippen molar-refractivity contribution in [2.24, 2.45) is 11.1 Å². The molecule has 0 saturated heterocycles. The molecular formula is C18H26N2. The lowest BCUT2D eigenvalue weighted by Gasteiger charge is -2.35. The summed E-state index contributed by atoms with van der Waals surface area (Å²) in [7, 11) is 0. The molecule has 0 bridgehead atoms. The van der Waals surface area contributed by atoms with Crippen molar-refractivity contribution in [3.05, 3.63) is 47.1 Å². The second kappa shape index (κ2) is 5.45. The molecule has 0 aromatic heterocycles. The summed E-state index contributed by atoms with van der Waals surface area (Å²) in [4.78, 5) is 0. The van der Waals surface area contributed by atoms with E-state index < -0.39 is 0 Å². The average molecular weight is 270 g/mol. The van der Waals surface area contributed by atoms with E-state index in [9.17, 15) is 0 Å². The summed E-state index contributed by atoms with van der Waals surface area (Å²) in [6.07, 6.45) is 6.50. The second-order valence-electron chi connectivity index (χ2n) is 6.24. The number of nitrogen functional groups attached to an aromatic ring is 1. The maximum absolute atomic E-state index is 6.35. The zero-order valence-electron chi connectivity index (χ0n) is 13.0. The molecule has 1 aliphatic carbocycles. The molecule has 0 spiro atoms.